The maximum absolute atomic E-state index is 12.8. The molecular weight excluding hydrogens is 406 g/mol. The molecule has 0 atom stereocenters. The van der Waals surface area contributed by atoms with Crippen LogP contribution in [-0.4, -0.2) is 128 Å². The number of carbonyl (C=O) groups is 2. The van der Waals surface area contributed by atoms with Crippen LogP contribution in [0.4, 0.5) is 0 Å². The predicted octanol–water partition coefficient (Wildman–Crippen LogP) is 0.116. The molecule has 0 N–H and O–H groups in total. The molecule has 3 heterocycles. The van der Waals surface area contributed by atoms with Crippen LogP contribution in [0, 0.1) is 6.92 Å². The van der Waals surface area contributed by atoms with Crippen molar-refractivity contribution in [2.75, 3.05) is 91.8 Å². The highest BCUT2D eigenvalue weighted by molar-refractivity contribution is 5.79. The van der Waals surface area contributed by atoms with Crippen molar-refractivity contribution in [1.82, 2.24) is 24.5 Å². The van der Waals surface area contributed by atoms with Gasteiger partial charge in [-0.15, -0.1) is 0 Å². The number of carbonyl (C=O) groups excluding carboxylic acids is 2. The Morgan fingerprint density at radius 2 is 1.22 bits per heavy atom. The van der Waals surface area contributed by atoms with Crippen molar-refractivity contribution in [3.63, 3.8) is 0 Å². The predicted molar refractivity (Wildman–Crippen MR) is 123 cm³/mol. The van der Waals surface area contributed by atoms with Crippen LogP contribution in [0.5, 0.6) is 0 Å². The van der Waals surface area contributed by atoms with Crippen LogP contribution in [0.3, 0.4) is 0 Å². The normalized spacial score (nSPS) is 21.7. The van der Waals surface area contributed by atoms with Gasteiger partial charge in [0.05, 0.1) is 26.3 Å². The second-order valence-electron chi connectivity index (χ2n) is 9.13. The molecule has 8 heteroatoms. The quantitative estimate of drug-likeness (QED) is 0.622. The monoisotopic (exact) mass is 443 g/mol. The average molecular weight is 444 g/mol. The zero-order valence-corrected chi connectivity index (χ0v) is 19.4. The van der Waals surface area contributed by atoms with Crippen molar-refractivity contribution in [3.8, 4) is 0 Å². The summed E-state index contributed by atoms with van der Waals surface area (Å²) in [5.41, 5.74) is 2.70. The molecule has 4 rings (SSSR count). The Bertz CT molecular complexity index is 767. The Kier molecular flexibility index (Phi) is 8.13. The second-order valence-corrected chi connectivity index (χ2v) is 9.13. The SMILES string of the molecule is Cc1ccccc1CN1CCN(C(=O)CN2CCN(C(=O)CN3CCOCC3)CC2)CC1. The first kappa shape index (κ1) is 23.2. The minimum atomic E-state index is 0.197. The van der Waals surface area contributed by atoms with Gasteiger partial charge >= 0.3 is 0 Å². The molecule has 0 saturated carbocycles. The van der Waals surface area contributed by atoms with Gasteiger partial charge < -0.3 is 14.5 Å². The summed E-state index contributed by atoms with van der Waals surface area (Å²) in [4.78, 5) is 36.1. The van der Waals surface area contributed by atoms with Crippen LogP contribution < -0.4 is 0 Å². The fourth-order valence-corrected chi connectivity index (χ4v) is 4.68. The molecule has 1 aromatic carbocycles. The van der Waals surface area contributed by atoms with E-state index in [1.54, 1.807) is 0 Å². The maximum Gasteiger partial charge on any atom is 0.236 e. The summed E-state index contributed by atoms with van der Waals surface area (Å²) in [5.74, 6) is 0.413. The number of amides is 2. The van der Waals surface area contributed by atoms with Crippen molar-refractivity contribution >= 4 is 11.8 Å². The number of aryl methyl sites for hydroxylation is 1. The van der Waals surface area contributed by atoms with Crippen LogP contribution in [0.25, 0.3) is 0 Å². The van der Waals surface area contributed by atoms with Gasteiger partial charge in [-0.05, 0) is 18.1 Å². The van der Waals surface area contributed by atoms with E-state index in [2.05, 4.69) is 45.9 Å². The van der Waals surface area contributed by atoms with Gasteiger partial charge in [0.25, 0.3) is 0 Å². The van der Waals surface area contributed by atoms with Gasteiger partial charge in [-0.3, -0.25) is 24.3 Å². The molecule has 3 saturated heterocycles. The van der Waals surface area contributed by atoms with Gasteiger partial charge in [0.1, 0.15) is 0 Å². The average Bonchev–Trinajstić information content (AvgIpc) is 2.82. The van der Waals surface area contributed by atoms with E-state index in [1.807, 2.05) is 9.80 Å². The first-order chi connectivity index (χ1) is 15.6. The molecule has 0 radical (unpaired) electrons. The lowest BCUT2D eigenvalue weighted by molar-refractivity contribution is -0.137. The highest BCUT2D eigenvalue weighted by atomic mass is 16.5. The third-order valence-corrected chi connectivity index (χ3v) is 6.93. The van der Waals surface area contributed by atoms with Crippen LogP contribution >= 0.6 is 0 Å². The number of ether oxygens (including phenoxy) is 1. The second kappa shape index (κ2) is 11.2. The fraction of sp³-hybridized carbons (Fsp3) is 0.667. The summed E-state index contributed by atoms with van der Waals surface area (Å²) in [6, 6.07) is 8.52. The lowest BCUT2D eigenvalue weighted by Crippen LogP contribution is -2.55. The third-order valence-electron chi connectivity index (χ3n) is 6.93. The lowest BCUT2D eigenvalue weighted by Gasteiger charge is -2.38. The number of hydrogen-bond donors (Lipinski definition) is 0. The first-order valence-corrected chi connectivity index (χ1v) is 11.9. The van der Waals surface area contributed by atoms with Crippen LogP contribution in [0.15, 0.2) is 24.3 Å². The number of piperazine rings is 2. The van der Waals surface area contributed by atoms with Crippen molar-refractivity contribution in [3.05, 3.63) is 35.4 Å². The smallest absolute Gasteiger partial charge is 0.236 e. The zero-order chi connectivity index (χ0) is 22.3. The summed E-state index contributed by atoms with van der Waals surface area (Å²) in [6.07, 6.45) is 0. The van der Waals surface area contributed by atoms with Gasteiger partial charge in [-0.2, -0.15) is 0 Å². The molecule has 0 bridgehead atoms. The van der Waals surface area contributed by atoms with Crippen LogP contribution in [0.1, 0.15) is 11.1 Å². The van der Waals surface area contributed by atoms with E-state index in [4.69, 9.17) is 4.74 Å². The van der Waals surface area contributed by atoms with Gasteiger partial charge in [-0.1, -0.05) is 24.3 Å². The minimum absolute atomic E-state index is 0.197. The molecule has 0 aliphatic carbocycles. The van der Waals surface area contributed by atoms with Crippen molar-refractivity contribution in [1.29, 1.82) is 0 Å². The number of benzene rings is 1. The number of rotatable bonds is 6. The van der Waals surface area contributed by atoms with Gasteiger partial charge in [0.15, 0.2) is 0 Å². The van der Waals surface area contributed by atoms with E-state index in [0.717, 1.165) is 58.9 Å². The molecule has 3 fully saturated rings. The Labute approximate surface area is 191 Å². The zero-order valence-electron chi connectivity index (χ0n) is 19.4. The molecule has 3 aliphatic heterocycles. The molecule has 0 aromatic heterocycles. The van der Waals surface area contributed by atoms with E-state index in [9.17, 15) is 9.59 Å². The highest BCUT2D eigenvalue weighted by Crippen LogP contribution is 2.13. The van der Waals surface area contributed by atoms with E-state index >= 15 is 0 Å². The summed E-state index contributed by atoms with van der Waals surface area (Å²) in [7, 11) is 0. The minimum Gasteiger partial charge on any atom is -0.379 e. The standard InChI is InChI=1S/C24H37N5O3/c1-21-4-2-3-5-22(21)18-25-6-10-28(11-7-25)23(30)19-26-8-12-29(13-9-26)24(31)20-27-14-16-32-17-15-27/h2-5H,6-20H2,1H3. The summed E-state index contributed by atoms with van der Waals surface area (Å²) >= 11 is 0. The lowest BCUT2D eigenvalue weighted by atomic mass is 10.1. The third kappa shape index (κ3) is 6.28. The number of morpholine rings is 1. The molecule has 8 nitrogen and oxygen atoms in total. The molecule has 176 valence electrons. The Balaban J connectivity index is 1.15. The highest BCUT2D eigenvalue weighted by Gasteiger charge is 2.27. The fourth-order valence-electron chi connectivity index (χ4n) is 4.68. The van der Waals surface area contributed by atoms with E-state index in [0.29, 0.717) is 39.4 Å². The van der Waals surface area contributed by atoms with Gasteiger partial charge in [-0.25, -0.2) is 0 Å². The first-order valence-electron chi connectivity index (χ1n) is 11.9. The molecule has 0 unspecified atom stereocenters. The Morgan fingerprint density at radius 3 is 1.78 bits per heavy atom. The summed E-state index contributed by atoms with van der Waals surface area (Å²) < 4.78 is 5.35. The maximum atomic E-state index is 12.8. The molecule has 32 heavy (non-hydrogen) atoms. The molecule has 3 aliphatic rings. The Morgan fingerprint density at radius 1 is 0.719 bits per heavy atom. The van der Waals surface area contributed by atoms with E-state index in [1.165, 1.54) is 11.1 Å². The van der Waals surface area contributed by atoms with Crippen molar-refractivity contribution in [2.45, 2.75) is 13.5 Å². The topological polar surface area (TPSA) is 59.6 Å². The largest absolute Gasteiger partial charge is 0.379 e. The van der Waals surface area contributed by atoms with E-state index in [-0.39, 0.29) is 11.8 Å². The molecular formula is C24H37N5O3. The molecule has 0 spiro atoms. The van der Waals surface area contributed by atoms with Crippen molar-refractivity contribution < 1.29 is 14.3 Å². The summed E-state index contributed by atoms with van der Waals surface area (Å²) in [5, 5.41) is 0. The Hall–Kier alpha value is -2.00. The van der Waals surface area contributed by atoms with Gasteiger partial charge in [0, 0.05) is 72.0 Å². The van der Waals surface area contributed by atoms with Crippen molar-refractivity contribution in [2.24, 2.45) is 0 Å². The van der Waals surface area contributed by atoms with E-state index < -0.39 is 0 Å². The van der Waals surface area contributed by atoms with Crippen LogP contribution in [-0.2, 0) is 20.9 Å². The molecule has 1 aromatic rings. The summed E-state index contributed by atoms with van der Waals surface area (Å²) in [6.45, 7) is 13.5. The van der Waals surface area contributed by atoms with Crippen LogP contribution in [0.2, 0.25) is 0 Å². The number of hydrogen-bond acceptors (Lipinski definition) is 6. The number of nitrogens with zero attached hydrogens (tertiary/aromatic N) is 5. The van der Waals surface area contributed by atoms with Gasteiger partial charge in [0.2, 0.25) is 11.8 Å². The molecule has 2 amide bonds.